The van der Waals surface area contributed by atoms with E-state index in [1.54, 1.807) is 18.5 Å². The summed E-state index contributed by atoms with van der Waals surface area (Å²) in [7, 11) is 0. The summed E-state index contributed by atoms with van der Waals surface area (Å²) < 4.78 is 7.42. The summed E-state index contributed by atoms with van der Waals surface area (Å²) in [5.74, 6) is -0.590. The highest BCUT2D eigenvalue weighted by atomic mass is 35.5. The van der Waals surface area contributed by atoms with Crippen molar-refractivity contribution >= 4 is 39.9 Å². The van der Waals surface area contributed by atoms with Crippen LogP contribution in [0.5, 0.6) is 0 Å². The lowest BCUT2D eigenvalue weighted by atomic mass is 9.99. The lowest BCUT2D eigenvalue weighted by molar-refractivity contribution is 0.00655. The van der Waals surface area contributed by atoms with Crippen LogP contribution in [0.2, 0.25) is 5.02 Å². The Kier molecular flexibility index (Phi) is 5.67. The van der Waals surface area contributed by atoms with E-state index in [9.17, 15) is 9.59 Å². The van der Waals surface area contributed by atoms with Crippen LogP contribution in [-0.2, 0) is 4.74 Å². The highest BCUT2D eigenvalue weighted by Gasteiger charge is 2.31. The third-order valence-corrected chi connectivity index (χ3v) is 5.87. The molecule has 1 aliphatic heterocycles. The van der Waals surface area contributed by atoms with Crippen LogP contribution in [0.4, 0.5) is 0 Å². The van der Waals surface area contributed by atoms with Crippen LogP contribution >= 0.6 is 11.6 Å². The van der Waals surface area contributed by atoms with Crippen molar-refractivity contribution in [1.29, 1.82) is 0 Å². The number of hydrogen-bond donors (Lipinski definition) is 1. The largest absolute Gasteiger partial charge is 0.455 e. The second-order valence-electron chi connectivity index (χ2n) is 9.65. The number of aromatic nitrogens is 2. The van der Waals surface area contributed by atoms with E-state index in [-0.39, 0.29) is 23.7 Å². The van der Waals surface area contributed by atoms with Gasteiger partial charge in [0.05, 0.1) is 16.6 Å². The molecule has 0 radical (unpaired) electrons. The first-order valence-corrected chi connectivity index (χ1v) is 11.2. The standard InChI is InChI=1S/C24H29ClN4O3/c1-13-10-28(11-14(2)27-13)22(30)19-15(3)21-20(23(31)32-24(4,5)6)26-12-29(21)18-8-7-16(25)9-17(18)19/h7-9,12-14,27H,10-11H2,1-6H3. The Labute approximate surface area is 192 Å². The molecule has 0 spiro atoms. The third-order valence-electron chi connectivity index (χ3n) is 5.64. The summed E-state index contributed by atoms with van der Waals surface area (Å²) in [5.41, 5.74) is 2.11. The van der Waals surface area contributed by atoms with Gasteiger partial charge in [-0.05, 0) is 65.3 Å². The molecule has 1 aromatic carbocycles. The van der Waals surface area contributed by atoms with E-state index in [1.165, 1.54) is 0 Å². The minimum atomic E-state index is -0.656. The first-order chi connectivity index (χ1) is 15.0. The molecule has 3 heterocycles. The number of hydrogen-bond acceptors (Lipinski definition) is 5. The number of halogens is 1. The van der Waals surface area contributed by atoms with Crippen molar-refractivity contribution in [2.24, 2.45) is 0 Å². The Morgan fingerprint density at radius 2 is 1.84 bits per heavy atom. The summed E-state index contributed by atoms with van der Waals surface area (Å²) in [6, 6.07) is 5.81. The molecular weight excluding hydrogens is 428 g/mol. The molecule has 1 amide bonds. The van der Waals surface area contributed by atoms with E-state index < -0.39 is 11.6 Å². The number of fused-ring (bicyclic) bond motifs is 3. The van der Waals surface area contributed by atoms with Crippen molar-refractivity contribution in [2.45, 2.75) is 59.2 Å². The quantitative estimate of drug-likeness (QED) is 0.584. The summed E-state index contributed by atoms with van der Waals surface area (Å²) in [6.45, 7) is 12.6. The number of aryl methyl sites for hydroxylation is 1. The van der Waals surface area contributed by atoms with E-state index in [0.717, 1.165) is 10.9 Å². The first-order valence-electron chi connectivity index (χ1n) is 10.8. The number of esters is 1. The number of amides is 1. The fraction of sp³-hybridized carbons (Fsp3) is 0.458. The van der Waals surface area contributed by atoms with Crippen LogP contribution in [0.25, 0.3) is 16.4 Å². The van der Waals surface area contributed by atoms with Gasteiger partial charge < -0.3 is 15.0 Å². The molecule has 0 saturated carbocycles. The molecule has 0 aliphatic carbocycles. The number of nitrogens with zero attached hydrogens (tertiary/aromatic N) is 3. The van der Waals surface area contributed by atoms with Crippen molar-refractivity contribution < 1.29 is 14.3 Å². The zero-order valence-corrected chi connectivity index (χ0v) is 20.1. The number of pyridine rings is 1. The third kappa shape index (κ3) is 4.07. The first kappa shape index (κ1) is 22.6. The smallest absolute Gasteiger partial charge is 0.359 e. The number of rotatable bonds is 2. The van der Waals surface area contributed by atoms with E-state index in [4.69, 9.17) is 16.3 Å². The van der Waals surface area contributed by atoms with Gasteiger partial charge >= 0.3 is 5.97 Å². The van der Waals surface area contributed by atoms with Crippen LogP contribution in [0.1, 0.15) is 61.0 Å². The van der Waals surface area contributed by atoms with Gasteiger partial charge in [0.25, 0.3) is 5.91 Å². The molecule has 2 unspecified atom stereocenters. The molecular formula is C24H29ClN4O3. The lowest BCUT2D eigenvalue weighted by Gasteiger charge is -2.36. The predicted octanol–water partition coefficient (Wildman–Crippen LogP) is 4.23. The van der Waals surface area contributed by atoms with Gasteiger partial charge in [-0.1, -0.05) is 11.6 Å². The maximum atomic E-state index is 13.8. The number of imidazole rings is 1. The minimum absolute atomic E-state index is 0.0752. The van der Waals surface area contributed by atoms with Gasteiger partial charge in [0.2, 0.25) is 0 Å². The fourth-order valence-corrected chi connectivity index (χ4v) is 4.70. The molecule has 2 aromatic heterocycles. The topological polar surface area (TPSA) is 75.9 Å². The van der Waals surface area contributed by atoms with Gasteiger partial charge in [0.15, 0.2) is 5.69 Å². The van der Waals surface area contributed by atoms with E-state index in [0.29, 0.717) is 34.8 Å². The highest BCUT2D eigenvalue weighted by Crippen LogP contribution is 2.32. The van der Waals surface area contributed by atoms with Gasteiger partial charge in [-0.25, -0.2) is 9.78 Å². The number of piperazine rings is 1. The Morgan fingerprint density at radius 3 is 2.47 bits per heavy atom. The summed E-state index contributed by atoms with van der Waals surface area (Å²) in [5, 5.41) is 4.73. The zero-order valence-electron chi connectivity index (χ0n) is 19.3. The average molecular weight is 457 g/mol. The molecule has 32 heavy (non-hydrogen) atoms. The Hall–Kier alpha value is -2.64. The number of carbonyl (C=O) groups excluding carboxylic acids is 2. The molecule has 1 saturated heterocycles. The van der Waals surface area contributed by atoms with Crippen LogP contribution in [0.15, 0.2) is 24.5 Å². The average Bonchev–Trinajstić information content (AvgIpc) is 3.11. The molecule has 3 aromatic rings. The Bertz CT molecular complexity index is 1220. The van der Waals surface area contributed by atoms with Crippen LogP contribution in [0.3, 0.4) is 0 Å². The Morgan fingerprint density at radius 1 is 1.19 bits per heavy atom. The summed E-state index contributed by atoms with van der Waals surface area (Å²) >= 11 is 6.33. The maximum absolute atomic E-state index is 13.8. The van der Waals surface area contributed by atoms with E-state index in [1.807, 2.05) is 43.1 Å². The van der Waals surface area contributed by atoms with Crippen molar-refractivity contribution in [3.8, 4) is 0 Å². The number of nitrogens with one attached hydrogen (secondary N) is 1. The molecule has 4 rings (SSSR count). The van der Waals surface area contributed by atoms with E-state index >= 15 is 0 Å². The number of ether oxygens (including phenoxy) is 1. The molecule has 0 bridgehead atoms. The monoisotopic (exact) mass is 456 g/mol. The number of benzene rings is 1. The SMILES string of the molecule is Cc1c(C(=O)N2CC(C)NC(C)C2)c2cc(Cl)ccc2n2cnc(C(=O)OC(C)(C)C)c12. The minimum Gasteiger partial charge on any atom is -0.455 e. The van der Waals surface area contributed by atoms with Crippen molar-refractivity contribution in [2.75, 3.05) is 13.1 Å². The van der Waals surface area contributed by atoms with Gasteiger partial charge in [0, 0.05) is 35.6 Å². The molecule has 1 fully saturated rings. The van der Waals surface area contributed by atoms with Crippen LogP contribution in [0, 0.1) is 6.92 Å². The fourth-order valence-electron chi connectivity index (χ4n) is 4.53. The summed E-state index contributed by atoms with van der Waals surface area (Å²) in [6.07, 6.45) is 1.60. The zero-order chi connectivity index (χ0) is 23.4. The second-order valence-corrected chi connectivity index (χ2v) is 10.1. The van der Waals surface area contributed by atoms with Crippen LogP contribution < -0.4 is 5.32 Å². The van der Waals surface area contributed by atoms with Crippen molar-refractivity contribution in [3.63, 3.8) is 0 Å². The van der Waals surface area contributed by atoms with Crippen molar-refractivity contribution in [1.82, 2.24) is 19.6 Å². The lowest BCUT2D eigenvalue weighted by Crippen LogP contribution is -2.55. The predicted molar refractivity (Wildman–Crippen MR) is 126 cm³/mol. The van der Waals surface area contributed by atoms with Crippen molar-refractivity contribution in [3.05, 3.63) is 46.4 Å². The Balaban J connectivity index is 1.95. The maximum Gasteiger partial charge on any atom is 0.359 e. The molecule has 1 aliphatic rings. The van der Waals surface area contributed by atoms with E-state index in [2.05, 4.69) is 24.1 Å². The molecule has 170 valence electrons. The molecule has 8 heteroatoms. The van der Waals surface area contributed by atoms with Crippen LogP contribution in [-0.4, -0.2) is 56.9 Å². The van der Waals surface area contributed by atoms with Gasteiger partial charge in [-0.2, -0.15) is 0 Å². The highest BCUT2D eigenvalue weighted by molar-refractivity contribution is 6.31. The van der Waals surface area contributed by atoms with Gasteiger partial charge in [-0.3, -0.25) is 9.20 Å². The van der Waals surface area contributed by atoms with Gasteiger partial charge in [-0.15, -0.1) is 0 Å². The second kappa shape index (κ2) is 8.05. The number of carbonyl (C=O) groups is 2. The molecule has 2 atom stereocenters. The van der Waals surface area contributed by atoms with Gasteiger partial charge in [0.1, 0.15) is 11.9 Å². The summed E-state index contributed by atoms with van der Waals surface area (Å²) in [4.78, 5) is 33.0. The normalized spacial score (nSPS) is 19.5. The molecule has 7 nitrogen and oxygen atoms in total. The molecule has 1 N–H and O–H groups in total.